The number of amides is 1. The van der Waals surface area contributed by atoms with Crippen molar-refractivity contribution in [3.63, 3.8) is 0 Å². The molecular weight excluding hydrogens is 282 g/mol. The standard InChI is InChI=1S/C14H14F2N2O3/c1-17-2-3-21-8(6-17)7-18-12-5-11(16)10(15)4-9(12)13(19)14(18)20/h4-5,8H,2-3,6-7H2,1H3. The molecule has 0 aromatic heterocycles. The quantitative estimate of drug-likeness (QED) is 0.758. The molecule has 0 saturated carbocycles. The van der Waals surface area contributed by atoms with Gasteiger partial charge in [-0.25, -0.2) is 8.78 Å². The van der Waals surface area contributed by atoms with Crippen LogP contribution < -0.4 is 4.90 Å². The molecule has 0 bridgehead atoms. The number of carbonyl (C=O) groups excluding carboxylic acids is 2. The summed E-state index contributed by atoms with van der Waals surface area (Å²) in [6.45, 7) is 2.07. The Hall–Kier alpha value is -1.86. The topological polar surface area (TPSA) is 49.9 Å². The maximum absolute atomic E-state index is 13.4. The number of likely N-dealkylation sites (N-methyl/N-ethyl adjacent to an activating group) is 1. The lowest BCUT2D eigenvalue weighted by Crippen LogP contribution is -2.47. The average molecular weight is 296 g/mol. The molecule has 1 fully saturated rings. The number of benzene rings is 1. The Balaban J connectivity index is 1.88. The van der Waals surface area contributed by atoms with Gasteiger partial charge in [0, 0.05) is 19.2 Å². The van der Waals surface area contributed by atoms with Crippen LogP contribution in [0.2, 0.25) is 0 Å². The third kappa shape index (κ3) is 2.43. The normalized spacial score (nSPS) is 22.8. The summed E-state index contributed by atoms with van der Waals surface area (Å²) < 4.78 is 32.1. The summed E-state index contributed by atoms with van der Waals surface area (Å²) in [5, 5.41) is 0. The lowest BCUT2D eigenvalue weighted by molar-refractivity contribution is -0.115. The molecule has 1 aromatic carbocycles. The van der Waals surface area contributed by atoms with Crippen LogP contribution in [-0.4, -0.2) is 56.0 Å². The molecule has 0 spiro atoms. The predicted molar refractivity (Wildman–Crippen MR) is 70.3 cm³/mol. The first-order valence-electron chi connectivity index (χ1n) is 6.62. The molecule has 1 unspecified atom stereocenters. The summed E-state index contributed by atoms with van der Waals surface area (Å²) in [6, 6.07) is 1.67. The Morgan fingerprint density at radius 2 is 2.00 bits per heavy atom. The van der Waals surface area contributed by atoms with Crippen molar-refractivity contribution in [3.05, 3.63) is 29.3 Å². The van der Waals surface area contributed by atoms with Gasteiger partial charge in [-0.3, -0.25) is 9.59 Å². The molecule has 1 amide bonds. The molecule has 2 heterocycles. The van der Waals surface area contributed by atoms with Gasteiger partial charge >= 0.3 is 0 Å². The fraction of sp³-hybridized carbons (Fsp3) is 0.429. The van der Waals surface area contributed by atoms with Crippen LogP contribution in [0, 0.1) is 11.6 Å². The number of ether oxygens (including phenoxy) is 1. The minimum atomic E-state index is -1.13. The van der Waals surface area contributed by atoms with Crippen molar-refractivity contribution in [2.75, 3.05) is 38.2 Å². The minimum Gasteiger partial charge on any atom is -0.374 e. The fourth-order valence-electron chi connectivity index (χ4n) is 2.65. The van der Waals surface area contributed by atoms with Crippen molar-refractivity contribution in [2.45, 2.75) is 6.10 Å². The van der Waals surface area contributed by atoms with Gasteiger partial charge in [0.05, 0.1) is 30.5 Å². The van der Waals surface area contributed by atoms with Gasteiger partial charge in [-0.1, -0.05) is 0 Å². The maximum Gasteiger partial charge on any atom is 0.299 e. The number of fused-ring (bicyclic) bond motifs is 1. The number of nitrogens with zero attached hydrogens (tertiary/aromatic N) is 2. The van der Waals surface area contributed by atoms with Gasteiger partial charge in [-0.2, -0.15) is 0 Å². The average Bonchev–Trinajstić information content (AvgIpc) is 2.65. The molecule has 2 aliphatic rings. The number of morpholine rings is 1. The molecule has 7 heteroatoms. The number of hydrogen-bond acceptors (Lipinski definition) is 4. The summed E-state index contributed by atoms with van der Waals surface area (Å²) in [7, 11) is 1.93. The number of Topliss-reactive ketones (excluding diaryl/α,β-unsaturated/α-hetero) is 1. The van der Waals surface area contributed by atoms with Crippen LogP contribution in [0.3, 0.4) is 0 Å². The molecule has 0 N–H and O–H groups in total. The van der Waals surface area contributed by atoms with Gasteiger partial charge in [0.1, 0.15) is 0 Å². The van der Waals surface area contributed by atoms with Crippen molar-refractivity contribution in [2.24, 2.45) is 0 Å². The van der Waals surface area contributed by atoms with E-state index in [4.69, 9.17) is 4.74 Å². The Kier molecular flexibility index (Phi) is 3.46. The van der Waals surface area contributed by atoms with Crippen LogP contribution in [0.4, 0.5) is 14.5 Å². The van der Waals surface area contributed by atoms with E-state index in [0.717, 1.165) is 18.7 Å². The lowest BCUT2D eigenvalue weighted by Gasteiger charge is -2.32. The van der Waals surface area contributed by atoms with Crippen LogP contribution in [0.5, 0.6) is 0 Å². The van der Waals surface area contributed by atoms with Gasteiger partial charge in [0.15, 0.2) is 11.6 Å². The highest BCUT2D eigenvalue weighted by Gasteiger charge is 2.38. The predicted octanol–water partition coefficient (Wildman–Crippen LogP) is 0.825. The smallest absolute Gasteiger partial charge is 0.299 e. The largest absolute Gasteiger partial charge is 0.374 e. The Labute approximate surface area is 120 Å². The molecule has 5 nitrogen and oxygen atoms in total. The molecular formula is C14H14F2N2O3. The summed E-state index contributed by atoms with van der Waals surface area (Å²) in [4.78, 5) is 27.1. The first kappa shape index (κ1) is 14.1. The summed E-state index contributed by atoms with van der Waals surface area (Å²) in [5.41, 5.74) is 0.0174. The van der Waals surface area contributed by atoms with Gasteiger partial charge in [-0.05, 0) is 13.1 Å². The molecule has 0 radical (unpaired) electrons. The SMILES string of the molecule is CN1CCOC(CN2C(=O)C(=O)c3cc(F)c(F)cc32)C1. The van der Waals surface area contributed by atoms with E-state index in [-0.39, 0.29) is 23.9 Å². The summed E-state index contributed by atoms with van der Waals surface area (Å²) in [6.07, 6.45) is -0.264. The zero-order valence-electron chi connectivity index (χ0n) is 11.4. The van der Waals surface area contributed by atoms with E-state index in [1.807, 2.05) is 11.9 Å². The van der Waals surface area contributed by atoms with Crippen molar-refractivity contribution in [1.82, 2.24) is 4.90 Å². The lowest BCUT2D eigenvalue weighted by atomic mass is 10.1. The highest BCUT2D eigenvalue weighted by molar-refractivity contribution is 6.52. The number of anilines is 1. The number of carbonyl (C=O) groups is 2. The van der Waals surface area contributed by atoms with E-state index in [9.17, 15) is 18.4 Å². The maximum atomic E-state index is 13.4. The first-order valence-corrected chi connectivity index (χ1v) is 6.62. The zero-order valence-corrected chi connectivity index (χ0v) is 11.4. The monoisotopic (exact) mass is 296 g/mol. The van der Waals surface area contributed by atoms with E-state index in [0.29, 0.717) is 13.2 Å². The van der Waals surface area contributed by atoms with Crippen LogP contribution in [-0.2, 0) is 9.53 Å². The fourth-order valence-corrected chi connectivity index (χ4v) is 2.65. The van der Waals surface area contributed by atoms with Crippen molar-refractivity contribution < 1.29 is 23.1 Å². The number of hydrogen-bond donors (Lipinski definition) is 0. The molecule has 1 atom stereocenters. The Bertz CT molecular complexity index is 620. The van der Waals surface area contributed by atoms with Gasteiger partial charge in [0.25, 0.3) is 11.7 Å². The van der Waals surface area contributed by atoms with Crippen molar-refractivity contribution >= 4 is 17.4 Å². The molecule has 21 heavy (non-hydrogen) atoms. The van der Waals surface area contributed by atoms with Crippen molar-refractivity contribution in [3.8, 4) is 0 Å². The molecule has 0 aliphatic carbocycles. The van der Waals surface area contributed by atoms with Crippen LogP contribution in [0.15, 0.2) is 12.1 Å². The third-order valence-corrected chi connectivity index (χ3v) is 3.74. The Morgan fingerprint density at radius 1 is 1.29 bits per heavy atom. The molecule has 2 aliphatic heterocycles. The zero-order chi connectivity index (χ0) is 15.1. The van der Waals surface area contributed by atoms with Crippen LogP contribution >= 0.6 is 0 Å². The second-order valence-corrected chi connectivity index (χ2v) is 5.28. The summed E-state index contributed by atoms with van der Waals surface area (Å²) in [5.74, 6) is -3.80. The van der Waals surface area contributed by atoms with E-state index >= 15 is 0 Å². The van der Waals surface area contributed by atoms with Crippen LogP contribution in [0.25, 0.3) is 0 Å². The first-order chi connectivity index (χ1) is 9.97. The molecule has 3 rings (SSSR count). The van der Waals surface area contributed by atoms with Crippen molar-refractivity contribution in [1.29, 1.82) is 0 Å². The van der Waals surface area contributed by atoms with E-state index < -0.39 is 23.3 Å². The van der Waals surface area contributed by atoms with Gasteiger partial charge < -0.3 is 14.5 Å². The van der Waals surface area contributed by atoms with Gasteiger partial charge in [-0.15, -0.1) is 0 Å². The third-order valence-electron chi connectivity index (χ3n) is 3.74. The number of rotatable bonds is 2. The molecule has 1 aromatic rings. The highest BCUT2D eigenvalue weighted by Crippen LogP contribution is 2.31. The summed E-state index contributed by atoms with van der Waals surface area (Å²) >= 11 is 0. The van der Waals surface area contributed by atoms with E-state index in [1.165, 1.54) is 4.90 Å². The molecule has 112 valence electrons. The number of halogens is 2. The Morgan fingerprint density at radius 3 is 2.71 bits per heavy atom. The van der Waals surface area contributed by atoms with Crippen LogP contribution in [0.1, 0.15) is 10.4 Å². The van der Waals surface area contributed by atoms with Gasteiger partial charge in [0.2, 0.25) is 0 Å². The number of ketones is 1. The second-order valence-electron chi connectivity index (χ2n) is 5.28. The highest BCUT2D eigenvalue weighted by atomic mass is 19.2. The van der Waals surface area contributed by atoms with E-state index in [2.05, 4.69) is 0 Å². The molecule has 1 saturated heterocycles. The van der Waals surface area contributed by atoms with E-state index in [1.54, 1.807) is 0 Å². The second kappa shape index (κ2) is 5.16. The minimum absolute atomic E-state index is 0.0944.